The Morgan fingerprint density at radius 3 is 2.61 bits per heavy atom. The molecule has 0 radical (unpaired) electrons. The molecule has 9 heteroatoms. The summed E-state index contributed by atoms with van der Waals surface area (Å²) in [5.41, 5.74) is 6.69. The molecular weight excluding hydrogens is 408 g/mol. The van der Waals surface area contributed by atoms with E-state index in [4.69, 9.17) is 17.3 Å². The van der Waals surface area contributed by atoms with E-state index in [1.54, 1.807) is 12.1 Å². The largest absolute Gasteiger partial charge is 0.370 e. The number of carbonyl (C=O) groups is 2. The Morgan fingerprint density at radius 2 is 2.07 bits per heavy atom. The Bertz CT molecular complexity index is 1020. The van der Waals surface area contributed by atoms with Crippen LogP contribution in [0.5, 0.6) is 0 Å². The minimum absolute atomic E-state index is 0.0944. The fourth-order valence-corrected chi connectivity index (χ4v) is 4.08. The first-order valence-electron chi connectivity index (χ1n) is 8.65. The van der Waals surface area contributed by atoms with Crippen LogP contribution in [0, 0.1) is 11.6 Å². The van der Waals surface area contributed by atoms with Crippen LogP contribution in [-0.4, -0.2) is 23.3 Å². The van der Waals surface area contributed by atoms with Crippen molar-refractivity contribution in [2.45, 2.75) is 25.7 Å². The van der Waals surface area contributed by atoms with Gasteiger partial charge >= 0.3 is 0 Å². The third kappa shape index (κ3) is 4.69. The van der Waals surface area contributed by atoms with E-state index in [1.165, 1.54) is 17.4 Å². The van der Waals surface area contributed by atoms with Gasteiger partial charge in [0.2, 0.25) is 11.8 Å². The minimum Gasteiger partial charge on any atom is -0.370 e. The fourth-order valence-electron chi connectivity index (χ4n) is 3.01. The van der Waals surface area contributed by atoms with Gasteiger partial charge in [0, 0.05) is 30.8 Å². The molecule has 1 aliphatic rings. The lowest BCUT2D eigenvalue weighted by molar-refractivity contribution is -0.119. The molecule has 2 aromatic heterocycles. The molecule has 1 aromatic carbocycles. The zero-order valence-electron chi connectivity index (χ0n) is 14.8. The number of nitrogens with one attached hydrogen (secondary N) is 2. The lowest BCUT2D eigenvalue weighted by Gasteiger charge is -2.02. The van der Waals surface area contributed by atoms with Crippen molar-refractivity contribution in [2.24, 2.45) is 5.73 Å². The smallest absolute Gasteiger partial charge is 0.220 e. The first-order chi connectivity index (χ1) is 13.3. The number of benzene rings is 1. The van der Waals surface area contributed by atoms with Crippen molar-refractivity contribution < 1.29 is 18.4 Å². The molecule has 28 heavy (non-hydrogen) atoms. The number of rotatable bonds is 4. The third-order valence-corrected chi connectivity index (χ3v) is 5.52. The average molecular weight is 426 g/mol. The molecule has 1 aliphatic heterocycles. The van der Waals surface area contributed by atoms with E-state index in [9.17, 15) is 18.4 Å². The highest BCUT2D eigenvalue weighted by molar-refractivity contribution is 7.19. The van der Waals surface area contributed by atoms with E-state index in [0.717, 1.165) is 30.3 Å². The van der Waals surface area contributed by atoms with Gasteiger partial charge < -0.3 is 16.0 Å². The molecule has 0 atom stereocenters. The normalized spacial score (nSPS) is 13.3. The molecule has 0 bridgehead atoms. The summed E-state index contributed by atoms with van der Waals surface area (Å²) >= 11 is 7.26. The highest BCUT2D eigenvalue weighted by atomic mass is 35.5. The topological polar surface area (TPSA) is 88.0 Å². The lowest BCUT2D eigenvalue weighted by Crippen LogP contribution is -2.12. The van der Waals surface area contributed by atoms with E-state index < -0.39 is 17.5 Å². The van der Waals surface area contributed by atoms with Crippen LogP contribution < -0.4 is 11.1 Å². The van der Waals surface area contributed by atoms with E-state index >= 15 is 0 Å². The predicted molar refractivity (Wildman–Crippen MR) is 106 cm³/mol. The number of aromatic amines is 1. The number of amides is 2. The molecule has 2 amide bonds. The van der Waals surface area contributed by atoms with Crippen LogP contribution in [0.25, 0.3) is 21.5 Å². The van der Waals surface area contributed by atoms with E-state index in [1.807, 2.05) is 0 Å². The maximum atomic E-state index is 14.0. The number of primary amides is 1. The van der Waals surface area contributed by atoms with Crippen LogP contribution in [0.2, 0.25) is 4.34 Å². The number of halogens is 3. The van der Waals surface area contributed by atoms with Crippen molar-refractivity contribution in [1.29, 1.82) is 0 Å². The molecule has 1 fully saturated rings. The van der Waals surface area contributed by atoms with Crippen LogP contribution in [0.1, 0.15) is 24.8 Å². The Morgan fingerprint density at radius 1 is 1.29 bits per heavy atom. The molecule has 5 nitrogen and oxygen atoms in total. The summed E-state index contributed by atoms with van der Waals surface area (Å²) in [6, 6.07) is 5.59. The molecule has 0 unspecified atom stereocenters. The van der Waals surface area contributed by atoms with Gasteiger partial charge in [-0.15, -0.1) is 11.3 Å². The van der Waals surface area contributed by atoms with Gasteiger partial charge in [-0.2, -0.15) is 0 Å². The van der Waals surface area contributed by atoms with Crippen LogP contribution in [0.3, 0.4) is 0 Å². The molecule has 4 N–H and O–H groups in total. The molecule has 4 rings (SSSR count). The second-order valence-corrected chi connectivity index (χ2v) is 8.03. The quantitative estimate of drug-likeness (QED) is 0.586. The van der Waals surface area contributed by atoms with Gasteiger partial charge in [-0.25, -0.2) is 8.78 Å². The summed E-state index contributed by atoms with van der Waals surface area (Å²) < 4.78 is 28.1. The monoisotopic (exact) mass is 425 g/mol. The summed E-state index contributed by atoms with van der Waals surface area (Å²) in [4.78, 5) is 25.0. The highest BCUT2D eigenvalue weighted by Gasteiger charge is 2.18. The third-order valence-electron chi connectivity index (χ3n) is 4.28. The van der Waals surface area contributed by atoms with Crippen molar-refractivity contribution in [3.63, 3.8) is 0 Å². The predicted octanol–water partition coefficient (Wildman–Crippen LogP) is 4.14. The molecule has 0 spiro atoms. The van der Waals surface area contributed by atoms with Crippen molar-refractivity contribution in [3.05, 3.63) is 45.8 Å². The molecule has 148 valence electrons. The number of H-pyrrole nitrogens is 1. The Labute approximate surface area is 168 Å². The van der Waals surface area contributed by atoms with E-state index in [-0.39, 0.29) is 17.8 Å². The Balaban J connectivity index is 0.000000320. The first kappa shape index (κ1) is 20.3. The van der Waals surface area contributed by atoms with Crippen LogP contribution in [0.15, 0.2) is 24.3 Å². The van der Waals surface area contributed by atoms with Gasteiger partial charge in [-0.3, -0.25) is 9.59 Å². The van der Waals surface area contributed by atoms with Crippen LogP contribution in [-0.2, 0) is 16.0 Å². The highest BCUT2D eigenvalue weighted by Crippen LogP contribution is 2.37. The number of hydrogen-bond donors (Lipinski definition) is 3. The average Bonchev–Trinajstić information content (AvgIpc) is 3.34. The molecule has 1 saturated heterocycles. The molecule has 0 saturated carbocycles. The molecule has 3 aromatic rings. The summed E-state index contributed by atoms with van der Waals surface area (Å²) in [5.74, 6) is -1.61. The summed E-state index contributed by atoms with van der Waals surface area (Å²) in [5, 5.41) is 3.10. The maximum absolute atomic E-state index is 14.0. The second kappa shape index (κ2) is 8.70. The van der Waals surface area contributed by atoms with Crippen molar-refractivity contribution in [2.75, 3.05) is 6.54 Å². The first-order valence-corrected chi connectivity index (χ1v) is 9.85. The second-order valence-electron chi connectivity index (χ2n) is 6.31. The Hall–Kier alpha value is -2.45. The lowest BCUT2D eigenvalue weighted by atomic mass is 10.0. The number of aryl methyl sites for hydroxylation is 1. The number of nitrogens with two attached hydrogens (primary N) is 1. The van der Waals surface area contributed by atoms with Gasteiger partial charge in [-0.05, 0) is 36.6 Å². The van der Waals surface area contributed by atoms with Gasteiger partial charge in [0.1, 0.15) is 11.6 Å². The molecule has 0 aliphatic carbocycles. The summed E-state index contributed by atoms with van der Waals surface area (Å²) in [6.45, 7) is 0.888. The van der Waals surface area contributed by atoms with Crippen molar-refractivity contribution in [3.8, 4) is 10.6 Å². The van der Waals surface area contributed by atoms with Crippen molar-refractivity contribution in [1.82, 2.24) is 10.3 Å². The van der Waals surface area contributed by atoms with Gasteiger partial charge in [0.05, 0.1) is 20.4 Å². The SMILES string of the molecule is NC(=O)CCc1c(-c2ccc(Cl)s2)[nH]c2c(F)cc(F)cc12.O=C1CCCN1. The van der Waals surface area contributed by atoms with Crippen LogP contribution >= 0.6 is 22.9 Å². The number of carbonyl (C=O) groups excluding carboxylic acids is 2. The summed E-state index contributed by atoms with van der Waals surface area (Å²) in [6.07, 6.45) is 2.15. The Kier molecular flexibility index (Phi) is 6.31. The number of fused-ring (bicyclic) bond motifs is 1. The summed E-state index contributed by atoms with van der Waals surface area (Å²) in [7, 11) is 0. The number of aromatic nitrogens is 1. The number of thiophene rings is 1. The maximum Gasteiger partial charge on any atom is 0.220 e. The molecule has 3 heterocycles. The van der Waals surface area contributed by atoms with E-state index in [2.05, 4.69) is 10.3 Å². The van der Waals surface area contributed by atoms with Gasteiger partial charge in [0.15, 0.2) is 0 Å². The number of hydrogen-bond acceptors (Lipinski definition) is 3. The standard InChI is InChI=1S/C15H11ClF2N2OS.C4H7NO/c16-12-3-2-11(22-12)15-8(1-4-13(19)21)9-5-7(17)6-10(18)14(9)20-15;6-4-2-1-3-5-4/h2-3,5-6,20H,1,4H2,(H2,19,21);1-3H2,(H,5,6). The zero-order chi connectivity index (χ0) is 20.3. The van der Waals surface area contributed by atoms with Gasteiger partial charge in [-0.1, -0.05) is 11.6 Å². The molecular formula is C19H18ClF2N3O2S. The van der Waals surface area contributed by atoms with Gasteiger partial charge in [0.25, 0.3) is 0 Å². The fraction of sp³-hybridized carbons (Fsp3) is 0.263. The minimum atomic E-state index is -0.677. The van der Waals surface area contributed by atoms with Crippen molar-refractivity contribution >= 4 is 45.7 Å². The zero-order valence-corrected chi connectivity index (χ0v) is 16.4. The van der Waals surface area contributed by atoms with E-state index in [0.29, 0.717) is 27.4 Å². The van der Waals surface area contributed by atoms with Crippen LogP contribution in [0.4, 0.5) is 8.78 Å².